The predicted octanol–water partition coefficient (Wildman–Crippen LogP) is 3.55. The lowest BCUT2D eigenvalue weighted by molar-refractivity contribution is 0.0308. The van der Waals surface area contributed by atoms with Crippen molar-refractivity contribution in [2.75, 3.05) is 25.0 Å². The Balaban J connectivity index is 1.41. The number of nitrogens with zero attached hydrogens (tertiary/aromatic N) is 4. The summed E-state index contributed by atoms with van der Waals surface area (Å²) >= 11 is 0. The lowest BCUT2D eigenvalue weighted by atomic mass is 10.1. The first-order chi connectivity index (χ1) is 13.3. The molecule has 2 aliphatic heterocycles. The van der Waals surface area contributed by atoms with Crippen LogP contribution < -0.4 is 5.32 Å². The van der Waals surface area contributed by atoms with Gasteiger partial charge in [-0.15, -0.1) is 0 Å². The molecular weight excluding hydrogens is 342 g/mol. The number of para-hydroxylation sites is 1. The van der Waals surface area contributed by atoms with Crippen molar-refractivity contribution in [2.45, 2.75) is 51.2 Å². The van der Waals surface area contributed by atoms with Crippen LogP contribution in [0, 0.1) is 6.92 Å². The normalized spacial score (nSPS) is 23.6. The van der Waals surface area contributed by atoms with Crippen LogP contribution in [0.2, 0.25) is 0 Å². The van der Waals surface area contributed by atoms with E-state index in [0.717, 1.165) is 37.6 Å². The molecule has 1 N–H and O–H groups in total. The number of nitrogens with one attached hydrogen (secondary N) is 1. The number of aryl methyl sites for hydroxylation is 1. The fraction of sp³-hybridized carbons (Fsp3) is 0.550. The summed E-state index contributed by atoms with van der Waals surface area (Å²) in [4.78, 5) is 11.5. The summed E-state index contributed by atoms with van der Waals surface area (Å²) in [6.45, 7) is 4.56. The smallest absolute Gasteiger partial charge is 0.255 e. The molecule has 2 aliphatic rings. The lowest BCUT2D eigenvalue weighted by Crippen LogP contribution is -2.40. The van der Waals surface area contributed by atoms with Gasteiger partial charge in [-0.05, 0) is 51.2 Å². The number of likely N-dealkylation sites (tertiary alicyclic amines) is 1. The molecule has 1 aromatic heterocycles. The van der Waals surface area contributed by atoms with E-state index in [1.807, 2.05) is 25.1 Å². The zero-order chi connectivity index (χ0) is 18.5. The summed E-state index contributed by atoms with van der Waals surface area (Å²) < 4.78 is 11.4. The Labute approximate surface area is 159 Å². The van der Waals surface area contributed by atoms with Crippen molar-refractivity contribution in [3.63, 3.8) is 0 Å². The quantitative estimate of drug-likeness (QED) is 0.656. The van der Waals surface area contributed by atoms with Crippen LogP contribution in [0.4, 0.5) is 5.69 Å². The van der Waals surface area contributed by atoms with Gasteiger partial charge in [-0.1, -0.05) is 23.4 Å². The molecule has 7 heteroatoms. The molecule has 144 valence electrons. The number of rotatable bonds is 4. The average molecular weight is 369 g/mol. The number of ether oxygens (including phenoxy) is 1. The maximum atomic E-state index is 6.10. The van der Waals surface area contributed by atoms with Crippen LogP contribution in [0.15, 0.2) is 39.8 Å². The minimum atomic E-state index is -0.105. The highest BCUT2D eigenvalue weighted by atomic mass is 16.5. The Hall–Kier alpha value is -2.41. The van der Waals surface area contributed by atoms with Gasteiger partial charge in [-0.3, -0.25) is 4.99 Å². The average Bonchev–Trinajstić information content (AvgIpc) is 3.35. The highest BCUT2D eigenvalue weighted by Gasteiger charge is 2.30. The summed E-state index contributed by atoms with van der Waals surface area (Å²) in [5, 5.41) is 7.36. The first kappa shape index (κ1) is 18.0. The van der Waals surface area contributed by atoms with Crippen LogP contribution in [0.1, 0.15) is 49.9 Å². The number of guanidine groups is 1. The van der Waals surface area contributed by atoms with E-state index in [-0.39, 0.29) is 12.2 Å². The fourth-order valence-corrected chi connectivity index (χ4v) is 3.63. The molecule has 0 bridgehead atoms. The molecule has 0 amide bonds. The van der Waals surface area contributed by atoms with E-state index in [9.17, 15) is 0 Å². The molecule has 2 fully saturated rings. The summed E-state index contributed by atoms with van der Waals surface area (Å²) in [6, 6.07) is 10.2. The molecule has 1 aromatic carbocycles. The second-order valence-corrected chi connectivity index (χ2v) is 7.21. The second kappa shape index (κ2) is 8.52. The van der Waals surface area contributed by atoms with Gasteiger partial charge in [0.25, 0.3) is 5.89 Å². The van der Waals surface area contributed by atoms with Crippen LogP contribution in [0.3, 0.4) is 0 Å². The van der Waals surface area contributed by atoms with Gasteiger partial charge in [-0.2, -0.15) is 4.98 Å². The third-order valence-electron chi connectivity index (χ3n) is 5.06. The standard InChI is InChI=1S/C20H27N5O2/c1-15-22-19(27-24-15)18-11-10-17(26-18)14-21-20(25-12-6-3-7-13-25)23-16-8-4-2-5-9-16/h2,4-5,8-9,17-18H,3,6-7,10-14H2,1H3,(H,21,23)/t17-,18+/m1/s1. The minimum Gasteiger partial charge on any atom is -0.363 e. The molecule has 0 radical (unpaired) electrons. The Morgan fingerprint density at radius 1 is 1.19 bits per heavy atom. The van der Waals surface area contributed by atoms with Crippen molar-refractivity contribution in [2.24, 2.45) is 4.99 Å². The number of piperidine rings is 1. The van der Waals surface area contributed by atoms with E-state index in [1.54, 1.807) is 0 Å². The molecule has 0 aliphatic carbocycles. The summed E-state index contributed by atoms with van der Waals surface area (Å²) in [6.07, 6.45) is 5.56. The number of benzene rings is 1. The monoisotopic (exact) mass is 369 g/mol. The van der Waals surface area contributed by atoms with Gasteiger partial charge in [0.2, 0.25) is 0 Å². The number of aromatic nitrogens is 2. The van der Waals surface area contributed by atoms with Crippen LogP contribution in [-0.4, -0.2) is 46.7 Å². The molecule has 0 spiro atoms. The third-order valence-corrected chi connectivity index (χ3v) is 5.06. The molecule has 27 heavy (non-hydrogen) atoms. The van der Waals surface area contributed by atoms with E-state index in [1.165, 1.54) is 19.3 Å². The molecule has 3 heterocycles. The molecule has 4 rings (SSSR count). The lowest BCUT2D eigenvalue weighted by Gasteiger charge is -2.30. The maximum absolute atomic E-state index is 6.10. The van der Waals surface area contributed by atoms with Gasteiger partial charge in [-0.25, -0.2) is 0 Å². The highest BCUT2D eigenvalue weighted by Crippen LogP contribution is 2.31. The van der Waals surface area contributed by atoms with Gasteiger partial charge in [0.15, 0.2) is 11.8 Å². The summed E-state index contributed by atoms with van der Waals surface area (Å²) in [7, 11) is 0. The SMILES string of the molecule is Cc1noc([C@@H]2CC[C@H](CN=C(Nc3ccccc3)N3CCCCC3)O2)n1. The van der Waals surface area contributed by atoms with Gasteiger partial charge < -0.3 is 19.5 Å². The Bertz CT molecular complexity index is 755. The molecule has 2 aromatic rings. The van der Waals surface area contributed by atoms with Crippen molar-refractivity contribution in [3.8, 4) is 0 Å². The van der Waals surface area contributed by atoms with Crippen LogP contribution in [-0.2, 0) is 4.74 Å². The fourth-order valence-electron chi connectivity index (χ4n) is 3.63. The van der Waals surface area contributed by atoms with Crippen molar-refractivity contribution in [1.29, 1.82) is 0 Å². The Morgan fingerprint density at radius 2 is 2.00 bits per heavy atom. The molecule has 2 saturated heterocycles. The molecule has 0 saturated carbocycles. The topological polar surface area (TPSA) is 75.8 Å². The van der Waals surface area contributed by atoms with Gasteiger partial charge in [0, 0.05) is 18.8 Å². The maximum Gasteiger partial charge on any atom is 0.255 e. The molecule has 7 nitrogen and oxygen atoms in total. The minimum absolute atomic E-state index is 0.0829. The van der Waals surface area contributed by atoms with Crippen molar-refractivity contribution >= 4 is 11.6 Å². The van der Waals surface area contributed by atoms with Crippen molar-refractivity contribution in [3.05, 3.63) is 42.0 Å². The van der Waals surface area contributed by atoms with E-state index >= 15 is 0 Å². The largest absolute Gasteiger partial charge is 0.363 e. The number of anilines is 1. The van der Waals surface area contributed by atoms with Gasteiger partial charge >= 0.3 is 0 Å². The summed E-state index contributed by atoms with van der Waals surface area (Å²) in [5.41, 5.74) is 1.06. The van der Waals surface area contributed by atoms with Gasteiger partial charge in [0.05, 0.1) is 12.6 Å². The zero-order valence-electron chi connectivity index (χ0n) is 15.8. The molecular formula is C20H27N5O2. The Kier molecular flexibility index (Phi) is 5.67. The van der Waals surface area contributed by atoms with E-state index in [2.05, 4.69) is 32.5 Å². The van der Waals surface area contributed by atoms with Crippen LogP contribution >= 0.6 is 0 Å². The second-order valence-electron chi connectivity index (χ2n) is 7.21. The zero-order valence-corrected chi connectivity index (χ0v) is 15.8. The first-order valence-corrected chi connectivity index (χ1v) is 9.85. The summed E-state index contributed by atoms with van der Waals surface area (Å²) in [5.74, 6) is 2.17. The van der Waals surface area contributed by atoms with Crippen molar-refractivity contribution in [1.82, 2.24) is 15.0 Å². The molecule has 0 unspecified atom stereocenters. The third kappa shape index (κ3) is 4.66. The number of hydrogen-bond acceptors (Lipinski definition) is 5. The first-order valence-electron chi connectivity index (χ1n) is 9.85. The predicted molar refractivity (Wildman–Crippen MR) is 104 cm³/mol. The van der Waals surface area contributed by atoms with E-state index in [4.69, 9.17) is 14.3 Å². The van der Waals surface area contributed by atoms with Gasteiger partial charge in [0.1, 0.15) is 6.10 Å². The number of hydrogen-bond donors (Lipinski definition) is 1. The number of aliphatic imine (C=N–C) groups is 1. The van der Waals surface area contributed by atoms with E-state index < -0.39 is 0 Å². The van der Waals surface area contributed by atoms with Crippen molar-refractivity contribution < 1.29 is 9.26 Å². The van der Waals surface area contributed by atoms with Crippen LogP contribution in [0.5, 0.6) is 0 Å². The van der Waals surface area contributed by atoms with E-state index in [0.29, 0.717) is 18.3 Å². The molecule has 2 atom stereocenters. The highest BCUT2D eigenvalue weighted by molar-refractivity contribution is 5.93. The Morgan fingerprint density at radius 3 is 2.74 bits per heavy atom. The van der Waals surface area contributed by atoms with Crippen LogP contribution in [0.25, 0.3) is 0 Å².